The highest BCUT2D eigenvalue weighted by Crippen LogP contribution is 2.35. The maximum Gasteiger partial charge on any atom is 0.225 e. The van der Waals surface area contributed by atoms with Crippen molar-refractivity contribution < 1.29 is 9.59 Å². The van der Waals surface area contributed by atoms with Crippen molar-refractivity contribution in [2.24, 2.45) is 0 Å². The maximum atomic E-state index is 12.6. The summed E-state index contributed by atoms with van der Waals surface area (Å²) in [5, 5.41) is 2.05. The first kappa shape index (κ1) is 16.2. The first-order valence-corrected chi connectivity index (χ1v) is 9.42. The predicted octanol–water partition coefficient (Wildman–Crippen LogP) is 2.04. The molecule has 1 saturated heterocycles. The number of carbonyl (C=O) groups excluding carboxylic acids is 2. The van der Waals surface area contributed by atoms with Crippen LogP contribution in [0.5, 0.6) is 0 Å². The van der Waals surface area contributed by atoms with Crippen molar-refractivity contribution in [3.8, 4) is 0 Å². The van der Waals surface area contributed by atoms with Crippen molar-refractivity contribution in [2.75, 3.05) is 31.1 Å². The highest BCUT2D eigenvalue weighted by atomic mass is 32.1. The summed E-state index contributed by atoms with van der Waals surface area (Å²) in [6, 6.07) is 4.13. The standard InChI is InChI=1S/C18H20N4O2S/c1-12-17-14(9-13(10-15(17)24)16-3-2-8-25-16)20-18(19-12)22-6-4-21(11-23)5-7-22/h2-3,8,11,13H,4-7,9-10H2,1H3/t13-/m0/s1. The number of aromatic nitrogens is 2. The summed E-state index contributed by atoms with van der Waals surface area (Å²) in [4.78, 5) is 38.0. The molecular weight excluding hydrogens is 336 g/mol. The Morgan fingerprint density at radius 3 is 2.68 bits per heavy atom. The average Bonchev–Trinajstić information content (AvgIpc) is 3.16. The molecule has 0 bridgehead atoms. The molecule has 0 aromatic carbocycles. The van der Waals surface area contributed by atoms with Crippen molar-refractivity contribution in [1.82, 2.24) is 14.9 Å². The first-order chi connectivity index (χ1) is 12.2. The summed E-state index contributed by atoms with van der Waals surface area (Å²) >= 11 is 1.70. The van der Waals surface area contributed by atoms with E-state index in [2.05, 4.69) is 21.3 Å². The van der Waals surface area contributed by atoms with E-state index in [1.807, 2.05) is 13.0 Å². The van der Waals surface area contributed by atoms with Crippen LogP contribution in [0.2, 0.25) is 0 Å². The molecule has 25 heavy (non-hydrogen) atoms. The fourth-order valence-electron chi connectivity index (χ4n) is 3.65. The topological polar surface area (TPSA) is 66.4 Å². The number of thiophene rings is 1. The van der Waals surface area contributed by atoms with E-state index >= 15 is 0 Å². The molecule has 1 fully saturated rings. The Balaban J connectivity index is 1.63. The van der Waals surface area contributed by atoms with E-state index in [1.165, 1.54) is 4.88 Å². The van der Waals surface area contributed by atoms with E-state index in [0.29, 0.717) is 31.0 Å². The van der Waals surface area contributed by atoms with Crippen molar-refractivity contribution in [1.29, 1.82) is 0 Å². The summed E-state index contributed by atoms with van der Waals surface area (Å²) in [5.41, 5.74) is 2.35. The van der Waals surface area contributed by atoms with Gasteiger partial charge in [0.05, 0.1) is 17.0 Å². The van der Waals surface area contributed by atoms with Crippen molar-refractivity contribution in [3.05, 3.63) is 39.3 Å². The van der Waals surface area contributed by atoms with Crippen LogP contribution < -0.4 is 4.90 Å². The highest BCUT2D eigenvalue weighted by Gasteiger charge is 2.31. The Hall–Kier alpha value is -2.28. The number of piperazine rings is 1. The molecular formula is C18H20N4O2S. The molecule has 1 atom stereocenters. The van der Waals surface area contributed by atoms with E-state index in [0.717, 1.165) is 37.3 Å². The number of hydrogen-bond donors (Lipinski definition) is 0. The predicted molar refractivity (Wildman–Crippen MR) is 96.3 cm³/mol. The van der Waals surface area contributed by atoms with Crippen LogP contribution >= 0.6 is 11.3 Å². The fourth-order valence-corrected chi connectivity index (χ4v) is 4.48. The smallest absolute Gasteiger partial charge is 0.225 e. The third-order valence-electron chi connectivity index (χ3n) is 5.00. The van der Waals surface area contributed by atoms with Crippen LogP contribution in [-0.2, 0) is 11.2 Å². The lowest BCUT2D eigenvalue weighted by atomic mass is 9.84. The minimum Gasteiger partial charge on any atom is -0.342 e. The molecule has 4 rings (SSSR count). The number of aryl methyl sites for hydroxylation is 1. The molecule has 1 amide bonds. The van der Waals surface area contributed by atoms with Crippen molar-refractivity contribution in [3.63, 3.8) is 0 Å². The lowest BCUT2D eigenvalue weighted by molar-refractivity contribution is -0.118. The van der Waals surface area contributed by atoms with E-state index in [9.17, 15) is 9.59 Å². The third-order valence-corrected chi connectivity index (χ3v) is 6.03. The number of nitrogens with zero attached hydrogens (tertiary/aromatic N) is 4. The van der Waals surface area contributed by atoms with Gasteiger partial charge in [0.2, 0.25) is 12.4 Å². The van der Waals surface area contributed by atoms with Gasteiger partial charge in [0.15, 0.2) is 5.78 Å². The lowest BCUT2D eigenvalue weighted by Gasteiger charge is -2.33. The summed E-state index contributed by atoms with van der Waals surface area (Å²) in [7, 11) is 0. The van der Waals surface area contributed by atoms with Gasteiger partial charge in [-0.25, -0.2) is 9.97 Å². The second kappa shape index (κ2) is 6.55. The normalized spacial score (nSPS) is 20.5. The van der Waals surface area contributed by atoms with Crippen LogP contribution in [0.4, 0.5) is 5.95 Å². The Labute approximate surface area is 150 Å². The van der Waals surface area contributed by atoms with Crippen LogP contribution in [0, 0.1) is 6.92 Å². The number of rotatable bonds is 3. The molecule has 3 heterocycles. The third kappa shape index (κ3) is 3.04. The minimum absolute atomic E-state index is 0.148. The summed E-state index contributed by atoms with van der Waals surface area (Å²) in [6.07, 6.45) is 2.21. The Morgan fingerprint density at radius 2 is 2.00 bits per heavy atom. The maximum absolute atomic E-state index is 12.6. The zero-order valence-corrected chi connectivity index (χ0v) is 15.0. The largest absolute Gasteiger partial charge is 0.342 e. The van der Waals surface area contributed by atoms with Crippen LogP contribution in [0.1, 0.15) is 39.0 Å². The molecule has 2 aromatic heterocycles. The van der Waals surface area contributed by atoms with E-state index in [1.54, 1.807) is 16.2 Å². The molecule has 130 valence electrons. The van der Waals surface area contributed by atoms with E-state index in [4.69, 9.17) is 4.98 Å². The molecule has 0 N–H and O–H groups in total. The molecule has 0 saturated carbocycles. The minimum atomic E-state index is 0.148. The van der Waals surface area contributed by atoms with Crippen LogP contribution in [0.15, 0.2) is 17.5 Å². The Kier molecular flexibility index (Phi) is 4.25. The molecule has 7 heteroatoms. The van der Waals surface area contributed by atoms with Gasteiger partial charge < -0.3 is 9.80 Å². The number of Topliss-reactive ketones (excluding diaryl/α,β-unsaturated/α-hetero) is 1. The number of anilines is 1. The van der Waals surface area contributed by atoms with Gasteiger partial charge in [-0.2, -0.15) is 0 Å². The number of hydrogen-bond acceptors (Lipinski definition) is 6. The number of amides is 1. The first-order valence-electron chi connectivity index (χ1n) is 8.54. The zero-order chi connectivity index (χ0) is 17.4. The summed E-state index contributed by atoms with van der Waals surface area (Å²) in [6.45, 7) is 4.70. The molecule has 6 nitrogen and oxygen atoms in total. The van der Waals surface area contributed by atoms with E-state index < -0.39 is 0 Å². The number of carbonyl (C=O) groups is 2. The highest BCUT2D eigenvalue weighted by molar-refractivity contribution is 7.10. The summed E-state index contributed by atoms with van der Waals surface area (Å²) < 4.78 is 0. The van der Waals surface area contributed by atoms with Gasteiger partial charge in [0.1, 0.15) is 0 Å². The molecule has 1 aliphatic carbocycles. The second-order valence-electron chi connectivity index (χ2n) is 6.60. The van der Waals surface area contributed by atoms with Crippen molar-refractivity contribution in [2.45, 2.75) is 25.7 Å². The number of fused-ring (bicyclic) bond motifs is 1. The quantitative estimate of drug-likeness (QED) is 0.788. The SMILES string of the molecule is Cc1nc(N2CCN(C=O)CC2)nc2c1C(=O)C[C@@H](c1cccs1)C2. The molecule has 0 radical (unpaired) electrons. The average molecular weight is 356 g/mol. The second-order valence-corrected chi connectivity index (χ2v) is 7.58. The number of ketones is 1. The monoisotopic (exact) mass is 356 g/mol. The van der Waals surface area contributed by atoms with E-state index in [-0.39, 0.29) is 11.7 Å². The Bertz CT molecular complexity index is 798. The van der Waals surface area contributed by atoms with Crippen LogP contribution in [-0.4, -0.2) is 53.2 Å². The van der Waals surface area contributed by atoms with Crippen LogP contribution in [0.3, 0.4) is 0 Å². The molecule has 1 aliphatic heterocycles. The van der Waals surface area contributed by atoms with Crippen LogP contribution in [0.25, 0.3) is 0 Å². The zero-order valence-electron chi connectivity index (χ0n) is 14.1. The lowest BCUT2D eigenvalue weighted by Crippen LogP contribution is -2.46. The van der Waals surface area contributed by atoms with Gasteiger partial charge in [-0.05, 0) is 24.8 Å². The fraction of sp³-hybridized carbons (Fsp3) is 0.444. The molecule has 0 unspecified atom stereocenters. The van der Waals surface area contributed by atoms with Gasteiger partial charge in [0.25, 0.3) is 0 Å². The van der Waals surface area contributed by atoms with Gasteiger partial charge in [-0.1, -0.05) is 6.07 Å². The van der Waals surface area contributed by atoms with Crippen molar-refractivity contribution >= 4 is 29.5 Å². The summed E-state index contributed by atoms with van der Waals surface area (Å²) in [5.74, 6) is 1.05. The van der Waals surface area contributed by atoms with Gasteiger partial charge in [0, 0.05) is 43.4 Å². The van der Waals surface area contributed by atoms with Gasteiger partial charge in [-0.15, -0.1) is 11.3 Å². The van der Waals surface area contributed by atoms with Gasteiger partial charge in [-0.3, -0.25) is 9.59 Å². The molecule has 2 aromatic rings. The molecule has 0 spiro atoms. The van der Waals surface area contributed by atoms with Gasteiger partial charge >= 0.3 is 0 Å². The molecule has 2 aliphatic rings. The Morgan fingerprint density at radius 1 is 1.20 bits per heavy atom.